The van der Waals surface area contributed by atoms with E-state index < -0.39 is 10.2 Å². The molecule has 3 aromatic rings. The number of fused-ring (bicyclic) bond motifs is 1. The van der Waals surface area contributed by atoms with Gasteiger partial charge in [0, 0.05) is 46.8 Å². The van der Waals surface area contributed by atoms with Gasteiger partial charge in [0.2, 0.25) is 0 Å². The molecule has 0 radical (unpaired) electrons. The number of para-hydroxylation sites is 2. The second kappa shape index (κ2) is 8.23. The van der Waals surface area contributed by atoms with Crippen LogP contribution in [0.25, 0.3) is 11.0 Å². The quantitative estimate of drug-likeness (QED) is 0.620. The standard InChI is InChI=1S/C21H27N5O2S/c1-23(2)29(27,28)25-14-12-24(13-15-25)17-21-22-19-10-6-7-11-20(19)26(21)16-18-8-4-3-5-9-18/h3-11H,12-17H2,1-2H3. The summed E-state index contributed by atoms with van der Waals surface area (Å²) < 4.78 is 29.8. The maximum Gasteiger partial charge on any atom is 0.281 e. The lowest BCUT2D eigenvalue weighted by Gasteiger charge is -2.34. The van der Waals surface area contributed by atoms with E-state index in [0.717, 1.165) is 23.4 Å². The maximum atomic E-state index is 12.3. The summed E-state index contributed by atoms with van der Waals surface area (Å²) in [5.74, 6) is 1.01. The van der Waals surface area contributed by atoms with Gasteiger partial charge in [-0.2, -0.15) is 17.0 Å². The van der Waals surface area contributed by atoms with Gasteiger partial charge in [-0.05, 0) is 17.7 Å². The highest BCUT2D eigenvalue weighted by Crippen LogP contribution is 2.20. The number of benzene rings is 2. The summed E-state index contributed by atoms with van der Waals surface area (Å²) in [5.41, 5.74) is 3.35. The van der Waals surface area contributed by atoms with Gasteiger partial charge in [0.25, 0.3) is 10.2 Å². The molecular formula is C21H27N5O2S. The van der Waals surface area contributed by atoms with Crippen LogP contribution < -0.4 is 0 Å². The molecule has 29 heavy (non-hydrogen) atoms. The van der Waals surface area contributed by atoms with Gasteiger partial charge in [0.15, 0.2) is 0 Å². The van der Waals surface area contributed by atoms with Gasteiger partial charge in [0.1, 0.15) is 5.82 Å². The Labute approximate surface area is 172 Å². The van der Waals surface area contributed by atoms with E-state index in [1.54, 1.807) is 18.4 Å². The molecule has 154 valence electrons. The summed E-state index contributed by atoms with van der Waals surface area (Å²) in [4.78, 5) is 7.16. The van der Waals surface area contributed by atoms with Crippen LogP contribution in [-0.4, -0.2) is 71.8 Å². The van der Waals surface area contributed by atoms with Gasteiger partial charge in [-0.25, -0.2) is 4.98 Å². The van der Waals surface area contributed by atoms with Crippen LogP contribution in [0, 0.1) is 0 Å². The summed E-state index contributed by atoms with van der Waals surface area (Å²) in [6.07, 6.45) is 0. The molecule has 0 N–H and O–H groups in total. The molecule has 0 aliphatic carbocycles. The summed E-state index contributed by atoms with van der Waals surface area (Å²) in [7, 11) is -0.192. The SMILES string of the molecule is CN(C)S(=O)(=O)N1CCN(Cc2nc3ccccc3n2Cc2ccccc2)CC1. The zero-order chi connectivity index (χ0) is 20.4. The fourth-order valence-corrected chi connectivity index (χ4v) is 4.82. The molecule has 0 atom stereocenters. The van der Waals surface area contributed by atoms with Crippen molar-refractivity contribution in [2.45, 2.75) is 13.1 Å². The highest BCUT2D eigenvalue weighted by molar-refractivity contribution is 7.86. The predicted octanol–water partition coefficient (Wildman–Crippen LogP) is 2.01. The minimum atomic E-state index is -3.35. The van der Waals surface area contributed by atoms with E-state index in [0.29, 0.717) is 32.7 Å². The zero-order valence-corrected chi connectivity index (χ0v) is 17.7. The van der Waals surface area contributed by atoms with Crippen LogP contribution in [-0.2, 0) is 23.3 Å². The monoisotopic (exact) mass is 413 g/mol. The van der Waals surface area contributed by atoms with Crippen molar-refractivity contribution < 1.29 is 8.42 Å². The molecule has 2 aromatic carbocycles. The van der Waals surface area contributed by atoms with Gasteiger partial charge >= 0.3 is 0 Å². The molecule has 1 aromatic heterocycles. The normalized spacial score (nSPS) is 16.7. The molecular weight excluding hydrogens is 386 g/mol. The Kier molecular flexibility index (Phi) is 5.69. The van der Waals surface area contributed by atoms with Crippen LogP contribution in [0.1, 0.15) is 11.4 Å². The smallest absolute Gasteiger partial charge is 0.281 e. The molecule has 4 rings (SSSR count). The molecule has 0 amide bonds. The summed E-state index contributed by atoms with van der Waals surface area (Å²) in [6.45, 7) is 3.87. The third-order valence-electron chi connectivity index (χ3n) is 5.40. The molecule has 2 heterocycles. The van der Waals surface area contributed by atoms with Gasteiger partial charge in [0.05, 0.1) is 17.6 Å². The molecule has 1 saturated heterocycles. The first-order chi connectivity index (χ1) is 13.9. The van der Waals surface area contributed by atoms with E-state index in [4.69, 9.17) is 4.98 Å². The topological polar surface area (TPSA) is 61.7 Å². The van der Waals surface area contributed by atoms with E-state index in [-0.39, 0.29) is 0 Å². The Hall–Kier alpha value is -2.26. The fourth-order valence-electron chi connectivity index (χ4n) is 3.74. The molecule has 1 aliphatic heterocycles. The minimum Gasteiger partial charge on any atom is -0.322 e. The summed E-state index contributed by atoms with van der Waals surface area (Å²) in [5, 5.41) is 0. The Bertz CT molecular complexity index is 1070. The van der Waals surface area contributed by atoms with Crippen molar-refractivity contribution in [3.8, 4) is 0 Å². The second-order valence-electron chi connectivity index (χ2n) is 7.55. The molecule has 7 nitrogen and oxygen atoms in total. The van der Waals surface area contributed by atoms with Crippen LogP contribution in [0.3, 0.4) is 0 Å². The Balaban J connectivity index is 1.54. The fraction of sp³-hybridized carbons (Fsp3) is 0.381. The van der Waals surface area contributed by atoms with Crippen molar-refractivity contribution in [3.63, 3.8) is 0 Å². The molecule has 8 heteroatoms. The first kappa shape index (κ1) is 20.0. The van der Waals surface area contributed by atoms with Crippen LogP contribution >= 0.6 is 0 Å². The largest absolute Gasteiger partial charge is 0.322 e. The van der Waals surface area contributed by atoms with Crippen LogP contribution in [0.4, 0.5) is 0 Å². The lowest BCUT2D eigenvalue weighted by molar-refractivity contribution is 0.172. The minimum absolute atomic E-state index is 0.499. The third-order valence-corrected chi connectivity index (χ3v) is 7.34. The van der Waals surface area contributed by atoms with Crippen molar-refractivity contribution >= 4 is 21.2 Å². The van der Waals surface area contributed by atoms with Crippen LogP contribution in [0.5, 0.6) is 0 Å². The highest BCUT2D eigenvalue weighted by Gasteiger charge is 2.29. The van der Waals surface area contributed by atoms with E-state index in [1.165, 1.54) is 9.87 Å². The Morgan fingerprint density at radius 3 is 2.24 bits per heavy atom. The molecule has 0 spiro atoms. The lowest BCUT2D eigenvalue weighted by atomic mass is 10.2. The summed E-state index contributed by atoms with van der Waals surface area (Å²) >= 11 is 0. The van der Waals surface area contributed by atoms with Gasteiger partial charge < -0.3 is 4.57 Å². The van der Waals surface area contributed by atoms with Crippen LogP contribution in [0.2, 0.25) is 0 Å². The van der Waals surface area contributed by atoms with Crippen molar-refractivity contribution in [1.82, 2.24) is 23.1 Å². The van der Waals surface area contributed by atoms with Gasteiger partial charge in [-0.1, -0.05) is 42.5 Å². The average molecular weight is 414 g/mol. The molecule has 0 bridgehead atoms. The number of imidazole rings is 1. The van der Waals surface area contributed by atoms with Crippen molar-refractivity contribution in [2.75, 3.05) is 40.3 Å². The van der Waals surface area contributed by atoms with Gasteiger partial charge in [-0.15, -0.1) is 0 Å². The third kappa shape index (κ3) is 4.20. The number of nitrogens with zero attached hydrogens (tertiary/aromatic N) is 5. The van der Waals surface area contributed by atoms with E-state index in [1.807, 2.05) is 24.3 Å². The van der Waals surface area contributed by atoms with Crippen molar-refractivity contribution in [3.05, 3.63) is 66.0 Å². The molecule has 1 fully saturated rings. The number of aromatic nitrogens is 2. The summed E-state index contributed by atoms with van der Waals surface area (Å²) in [6, 6.07) is 18.6. The first-order valence-corrected chi connectivity index (χ1v) is 11.2. The molecule has 0 unspecified atom stereocenters. The highest BCUT2D eigenvalue weighted by atomic mass is 32.2. The number of hydrogen-bond acceptors (Lipinski definition) is 4. The second-order valence-corrected chi connectivity index (χ2v) is 9.70. The predicted molar refractivity (Wildman–Crippen MR) is 115 cm³/mol. The first-order valence-electron chi connectivity index (χ1n) is 9.83. The van der Waals surface area contributed by atoms with E-state index >= 15 is 0 Å². The number of hydrogen-bond donors (Lipinski definition) is 0. The number of piperazine rings is 1. The average Bonchev–Trinajstić information content (AvgIpc) is 3.06. The van der Waals surface area contributed by atoms with Crippen molar-refractivity contribution in [2.24, 2.45) is 0 Å². The zero-order valence-electron chi connectivity index (χ0n) is 16.9. The number of rotatable bonds is 6. The molecule has 1 aliphatic rings. The van der Waals surface area contributed by atoms with Gasteiger partial charge in [-0.3, -0.25) is 4.90 Å². The van der Waals surface area contributed by atoms with Crippen molar-refractivity contribution in [1.29, 1.82) is 0 Å². The maximum absolute atomic E-state index is 12.3. The molecule has 0 saturated carbocycles. The van der Waals surface area contributed by atoms with Crippen LogP contribution in [0.15, 0.2) is 54.6 Å². The lowest BCUT2D eigenvalue weighted by Crippen LogP contribution is -2.51. The Morgan fingerprint density at radius 1 is 0.897 bits per heavy atom. The van der Waals surface area contributed by atoms with E-state index in [9.17, 15) is 8.42 Å². The Morgan fingerprint density at radius 2 is 1.55 bits per heavy atom. The van der Waals surface area contributed by atoms with E-state index in [2.05, 4.69) is 39.8 Å².